The average Bonchev–Trinajstić information content (AvgIpc) is 2.47. The van der Waals surface area contributed by atoms with Gasteiger partial charge >= 0.3 is 0 Å². The summed E-state index contributed by atoms with van der Waals surface area (Å²) in [5.74, 6) is 0.848. The molecule has 0 aliphatic carbocycles. The van der Waals surface area contributed by atoms with Crippen LogP contribution in [0.5, 0.6) is 5.75 Å². The van der Waals surface area contributed by atoms with E-state index in [0.29, 0.717) is 11.5 Å². The molecule has 0 aliphatic rings. The van der Waals surface area contributed by atoms with E-state index < -0.39 is 0 Å². The van der Waals surface area contributed by atoms with Crippen molar-refractivity contribution >= 4 is 0 Å². The topological polar surface area (TPSA) is 46.0 Å². The highest BCUT2D eigenvalue weighted by Crippen LogP contribution is 2.24. The highest BCUT2D eigenvalue weighted by Gasteiger charge is 2.09. The number of hydrogen-bond donors (Lipinski definition) is 1. The number of rotatable bonds is 6. The molecule has 1 aromatic carbocycles. The summed E-state index contributed by atoms with van der Waals surface area (Å²) in [6.07, 6.45) is 7.53. The van der Waals surface area contributed by atoms with Gasteiger partial charge in [0.2, 0.25) is 0 Å². The molecular weight excluding hydrogens is 248 g/mol. The highest BCUT2D eigenvalue weighted by atomic mass is 16.3. The van der Waals surface area contributed by atoms with Crippen molar-refractivity contribution in [2.24, 2.45) is 0 Å². The summed E-state index contributed by atoms with van der Waals surface area (Å²) in [6.45, 7) is 4.02. The Kier molecular flexibility index (Phi) is 5.10. The van der Waals surface area contributed by atoms with Crippen LogP contribution in [0.2, 0.25) is 0 Å². The van der Waals surface area contributed by atoms with E-state index >= 15 is 0 Å². The molecule has 1 heterocycles. The first-order valence-corrected chi connectivity index (χ1v) is 7.33. The van der Waals surface area contributed by atoms with Crippen molar-refractivity contribution in [3.8, 4) is 17.1 Å². The van der Waals surface area contributed by atoms with Gasteiger partial charge in [0.25, 0.3) is 0 Å². The van der Waals surface area contributed by atoms with Gasteiger partial charge in [-0.15, -0.1) is 0 Å². The summed E-state index contributed by atoms with van der Waals surface area (Å²) in [5.41, 5.74) is 2.98. The number of nitrogens with zero attached hydrogens (tertiary/aromatic N) is 2. The molecule has 0 bridgehead atoms. The zero-order valence-corrected chi connectivity index (χ0v) is 12.3. The van der Waals surface area contributed by atoms with E-state index in [2.05, 4.69) is 35.1 Å². The Balaban J connectivity index is 2.20. The number of unbranched alkanes of at least 4 members (excludes halogenated alkanes) is 3. The van der Waals surface area contributed by atoms with Crippen LogP contribution in [0, 0.1) is 6.92 Å². The zero-order valence-electron chi connectivity index (χ0n) is 12.3. The normalized spacial score (nSPS) is 10.7. The van der Waals surface area contributed by atoms with Crippen molar-refractivity contribution in [1.82, 2.24) is 9.97 Å². The first-order valence-electron chi connectivity index (χ1n) is 7.33. The van der Waals surface area contributed by atoms with Gasteiger partial charge in [-0.1, -0.05) is 50.5 Å². The summed E-state index contributed by atoms with van der Waals surface area (Å²) in [6, 6.07) is 8.27. The molecule has 106 valence electrons. The van der Waals surface area contributed by atoms with Gasteiger partial charge in [-0.2, -0.15) is 0 Å². The lowest BCUT2D eigenvalue weighted by Crippen LogP contribution is -1.96. The van der Waals surface area contributed by atoms with Crippen LogP contribution in [0.25, 0.3) is 11.4 Å². The molecule has 2 rings (SSSR count). The van der Waals surface area contributed by atoms with E-state index in [9.17, 15) is 5.11 Å². The van der Waals surface area contributed by atoms with E-state index in [1.165, 1.54) is 37.4 Å². The Morgan fingerprint density at radius 1 is 1.10 bits per heavy atom. The minimum absolute atomic E-state index is 0.147. The Hall–Kier alpha value is -1.90. The fourth-order valence-electron chi connectivity index (χ4n) is 2.29. The van der Waals surface area contributed by atoms with Crippen molar-refractivity contribution < 1.29 is 5.11 Å². The minimum Gasteiger partial charge on any atom is -0.504 e. The molecule has 2 aromatic rings. The molecule has 1 aromatic heterocycles. The second-order valence-corrected chi connectivity index (χ2v) is 5.13. The summed E-state index contributed by atoms with van der Waals surface area (Å²) >= 11 is 0. The number of aromatic nitrogens is 2. The van der Waals surface area contributed by atoms with Gasteiger partial charge < -0.3 is 5.11 Å². The van der Waals surface area contributed by atoms with E-state index in [-0.39, 0.29) is 5.75 Å². The van der Waals surface area contributed by atoms with Gasteiger partial charge in [0.05, 0.1) is 11.9 Å². The Bertz CT molecular complexity index is 567. The summed E-state index contributed by atoms with van der Waals surface area (Å²) in [7, 11) is 0. The van der Waals surface area contributed by atoms with Crippen molar-refractivity contribution in [1.29, 1.82) is 0 Å². The average molecular weight is 270 g/mol. The van der Waals surface area contributed by atoms with Crippen LogP contribution in [-0.2, 0) is 6.42 Å². The Morgan fingerprint density at radius 2 is 1.90 bits per heavy atom. The van der Waals surface area contributed by atoms with E-state index in [1.807, 2.05) is 6.07 Å². The highest BCUT2D eigenvalue weighted by molar-refractivity contribution is 5.60. The molecule has 0 fully saturated rings. The van der Waals surface area contributed by atoms with Gasteiger partial charge in [0, 0.05) is 5.56 Å². The molecule has 3 heteroatoms. The molecule has 0 radical (unpaired) electrons. The third-order valence-corrected chi connectivity index (χ3v) is 3.51. The second kappa shape index (κ2) is 7.04. The van der Waals surface area contributed by atoms with Crippen molar-refractivity contribution in [3.05, 3.63) is 41.7 Å². The molecule has 1 N–H and O–H groups in total. The number of benzene rings is 1. The number of aryl methyl sites for hydroxylation is 2. The van der Waals surface area contributed by atoms with Gasteiger partial charge in [-0.05, 0) is 25.3 Å². The van der Waals surface area contributed by atoms with Gasteiger partial charge in [-0.3, -0.25) is 0 Å². The minimum atomic E-state index is 0.147. The lowest BCUT2D eigenvalue weighted by atomic mass is 10.0. The first kappa shape index (κ1) is 14.5. The molecule has 0 amide bonds. The molecule has 20 heavy (non-hydrogen) atoms. The molecule has 0 atom stereocenters. The fourth-order valence-corrected chi connectivity index (χ4v) is 2.29. The van der Waals surface area contributed by atoms with Crippen LogP contribution in [0.4, 0.5) is 0 Å². The lowest BCUT2D eigenvalue weighted by molar-refractivity contribution is 0.464. The lowest BCUT2D eigenvalue weighted by Gasteiger charge is -2.09. The molecular formula is C17H22N2O. The van der Waals surface area contributed by atoms with Crippen LogP contribution in [0.3, 0.4) is 0 Å². The zero-order chi connectivity index (χ0) is 14.4. The van der Waals surface area contributed by atoms with Crippen molar-refractivity contribution in [2.75, 3.05) is 0 Å². The standard InChI is InChI=1S/C17H22N2O/c1-3-4-5-6-9-14-10-7-8-11-15(14)17-18-12-16(20)13(2)19-17/h7-8,10-12,20H,3-6,9H2,1-2H3. The molecule has 0 unspecified atom stereocenters. The molecule has 0 spiro atoms. The van der Waals surface area contributed by atoms with Crippen molar-refractivity contribution in [2.45, 2.75) is 46.0 Å². The van der Waals surface area contributed by atoms with Gasteiger partial charge in [0.1, 0.15) is 0 Å². The quantitative estimate of drug-likeness (QED) is 0.797. The van der Waals surface area contributed by atoms with Crippen molar-refractivity contribution in [3.63, 3.8) is 0 Å². The fraction of sp³-hybridized carbons (Fsp3) is 0.412. The Morgan fingerprint density at radius 3 is 2.65 bits per heavy atom. The van der Waals surface area contributed by atoms with Crippen LogP contribution >= 0.6 is 0 Å². The maximum Gasteiger partial charge on any atom is 0.159 e. The summed E-state index contributed by atoms with van der Waals surface area (Å²) in [4.78, 5) is 8.64. The Labute approximate surface area is 120 Å². The van der Waals surface area contributed by atoms with Gasteiger partial charge in [0.15, 0.2) is 11.6 Å². The van der Waals surface area contributed by atoms with Crippen LogP contribution in [-0.4, -0.2) is 15.1 Å². The third-order valence-electron chi connectivity index (χ3n) is 3.51. The van der Waals surface area contributed by atoms with Gasteiger partial charge in [-0.25, -0.2) is 9.97 Å². The maximum atomic E-state index is 9.54. The predicted molar refractivity (Wildman–Crippen MR) is 81.7 cm³/mol. The first-order chi connectivity index (χ1) is 9.72. The summed E-state index contributed by atoms with van der Waals surface area (Å²) in [5, 5.41) is 9.54. The maximum absolute atomic E-state index is 9.54. The molecule has 0 aliphatic heterocycles. The van der Waals surface area contributed by atoms with Crippen LogP contribution in [0.1, 0.15) is 43.9 Å². The molecule has 0 saturated heterocycles. The molecule has 3 nitrogen and oxygen atoms in total. The monoisotopic (exact) mass is 270 g/mol. The SMILES string of the molecule is CCCCCCc1ccccc1-c1ncc(O)c(C)n1. The second-order valence-electron chi connectivity index (χ2n) is 5.13. The predicted octanol–water partition coefficient (Wildman–Crippen LogP) is 4.28. The van der Waals surface area contributed by atoms with E-state index in [0.717, 1.165) is 12.0 Å². The smallest absolute Gasteiger partial charge is 0.159 e. The third kappa shape index (κ3) is 3.56. The largest absolute Gasteiger partial charge is 0.504 e. The summed E-state index contributed by atoms with van der Waals surface area (Å²) < 4.78 is 0. The molecule has 0 saturated carbocycles. The number of aromatic hydroxyl groups is 1. The van der Waals surface area contributed by atoms with E-state index in [4.69, 9.17) is 0 Å². The number of hydrogen-bond acceptors (Lipinski definition) is 3. The van der Waals surface area contributed by atoms with E-state index in [1.54, 1.807) is 6.92 Å². The van der Waals surface area contributed by atoms with Crippen LogP contribution < -0.4 is 0 Å². The van der Waals surface area contributed by atoms with Crippen LogP contribution in [0.15, 0.2) is 30.5 Å².